The lowest BCUT2D eigenvalue weighted by Crippen LogP contribution is -2.64. The van der Waals surface area contributed by atoms with E-state index < -0.39 is 5.54 Å². The molecule has 0 aromatic heterocycles. The molecule has 0 aliphatic carbocycles. The zero-order valence-electron chi connectivity index (χ0n) is 18.4. The predicted octanol–water partition coefficient (Wildman–Crippen LogP) is 4.24. The van der Waals surface area contributed by atoms with E-state index in [4.69, 9.17) is 15.5 Å². The molecule has 1 fully saturated rings. The third-order valence-corrected chi connectivity index (χ3v) is 7.18. The smallest absolute Gasteiger partial charge is 0.415 e. The average Bonchev–Trinajstić information content (AvgIpc) is 3.31. The van der Waals surface area contributed by atoms with Crippen LogP contribution in [0.4, 0.5) is 10.5 Å². The minimum absolute atomic E-state index is 0.117. The van der Waals surface area contributed by atoms with Crippen molar-refractivity contribution in [2.45, 2.75) is 63.9 Å². The second kappa shape index (κ2) is 7.29. The molecule has 3 aliphatic heterocycles. The number of ether oxygens (including phenoxy) is 1. The Morgan fingerprint density at radius 1 is 1.16 bits per heavy atom. The van der Waals surface area contributed by atoms with Crippen LogP contribution in [0, 0.1) is 5.92 Å². The van der Waals surface area contributed by atoms with E-state index in [0.717, 1.165) is 29.7 Å². The van der Waals surface area contributed by atoms with Gasteiger partial charge in [-0.25, -0.2) is 9.79 Å². The van der Waals surface area contributed by atoms with Gasteiger partial charge in [-0.05, 0) is 37.3 Å². The Morgan fingerprint density at radius 2 is 1.87 bits per heavy atom. The number of hydrogen-bond donors (Lipinski definition) is 1. The number of aliphatic imine (C=N–C) groups is 1. The van der Waals surface area contributed by atoms with Crippen LogP contribution >= 0.6 is 0 Å². The SMILES string of the molecule is CC(C)[C@@H]1CC[C@H]2[C@H]3N(C(=O)OCc4ccccc4)c4ccccc4[C@@]3(C)N=C(N)N12. The van der Waals surface area contributed by atoms with Crippen molar-refractivity contribution in [1.29, 1.82) is 0 Å². The zero-order chi connectivity index (χ0) is 21.8. The number of para-hydroxylation sites is 1. The molecule has 4 atom stereocenters. The van der Waals surface area contributed by atoms with Crippen LogP contribution in [0.5, 0.6) is 0 Å². The topological polar surface area (TPSA) is 71.2 Å². The quantitative estimate of drug-likeness (QED) is 0.809. The zero-order valence-corrected chi connectivity index (χ0v) is 18.4. The maximum absolute atomic E-state index is 13.5. The van der Waals surface area contributed by atoms with E-state index in [1.165, 1.54) is 0 Å². The lowest BCUT2D eigenvalue weighted by Gasteiger charge is -2.47. The van der Waals surface area contributed by atoms with E-state index in [9.17, 15) is 4.79 Å². The summed E-state index contributed by atoms with van der Waals surface area (Å²) in [5.74, 6) is 1.06. The van der Waals surface area contributed by atoms with Crippen LogP contribution in [0.15, 0.2) is 59.6 Å². The number of nitrogens with zero attached hydrogens (tertiary/aromatic N) is 3. The first-order chi connectivity index (χ1) is 14.9. The molecule has 0 unspecified atom stereocenters. The monoisotopic (exact) mass is 418 g/mol. The van der Waals surface area contributed by atoms with E-state index in [1.54, 1.807) is 0 Å². The third kappa shape index (κ3) is 2.99. The summed E-state index contributed by atoms with van der Waals surface area (Å²) in [6.45, 7) is 6.80. The molecule has 3 aliphatic rings. The summed E-state index contributed by atoms with van der Waals surface area (Å²) in [5.41, 5.74) is 8.84. The normalized spacial score (nSPS) is 28.8. The Balaban J connectivity index is 1.53. The molecule has 31 heavy (non-hydrogen) atoms. The van der Waals surface area contributed by atoms with Gasteiger partial charge >= 0.3 is 6.09 Å². The molecule has 0 saturated carbocycles. The van der Waals surface area contributed by atoms with Gasteiger partial charge in [0.2, 0.25) is 0 Å². The summed E-state index contributed by atoms with van der Waals surface area (Å²) < 4.78 is 5.80. The van der Waals surface area contributed by atoms with E-state index in [0.29, 0.717) is 17.9 Å². The predicted molar refractivity (Wildman–Crippen MR) is 122 cm³/mol. The van der Waals surface area contributed by atoms with Crippen molar-refractivity contribution in [2.24, 2.45) is 16.6 Å². The Hall–Kier alpha value is -3.02. The highest BCUT2D eigenvalue weighted by Gasteiger charge is 2.60. The molecule has 1 amide bonds. The first kappa shape index (κ1) is 19.9. The molecule has 6 heteroatoms. The number of benzene rings is 2. The Bertz CT molecular complexity index is 1020. The maximum atomic E-state index is 13.5. The fourth-order valence-electron chi connectivity index (χ4n) is 5.81. The molecule has 2 aromatic carbocycles. The van der Waals surface area contributed by atoms with Gasteiger partial charge in [-0.15, -0.1) is 0 Å². The maximum Gasteiger partial charge on any atom is 0.415 e. The lowest BCUT2D eigenvalue weighted by atomic mass is 9.82. The van der Waals surface area contributed by atoms with Crippen molar-refractivity contribution < 1.29 is 9.53 Å². The highest BCUT2D eigenvalue weighted by molar-refractivity contribution is 5.94. The second-order valence-electron chi connectivity index (χ2n) is 9.35. The fourth-order valence-corrected chi connectivity index (χ4v) is 5.81. The molecule has 6 nitrogen and oxygen atoms in total. The first-order valence-electron chi connectivity index (χ1n) is 11.1. The minimum Gasteiger partial charge on any atom is -0.444 e. The van der Waals surface area contributed by atoms with E-state index in [1.807, 2.05) is 53.4 Å². The molecule has 0 bridgehead atoms. The standard InChI is InChI=1S/C25H30N4O2/c1-16(2)19-13-14-21-22-25(3,27-23(26)28(19)21)18-11-7-8-12-20(18)29(22)24(30)31-15-17-9-5-4-6-10-17/h4-12,16,19,21-22H,13-15H2,1-3H3,(H2,26,27)/t19-,21-,22+,25+/m0/s1. The summed E-state index contributed by atoms with van der Waals surface area (Å²) in [5, 5.41) is 0. The average molecular weight is 419 g/mol. The van der Waals surface area contributed by atoms with Crippen molar-refractivity contribution >= 4 is 17.7 Å². The fraction of sp³-hybridized carbons (Fsp3) is 0.440. The van der Waals surface area contributed by atoms with Crippen LogP contribution < -0.4 is 10.6 Å². The second-order valence-corrected chi connectivity index (χ2v) is 9.35. The number of nitrogens with two attached hydrogens (primary N) is 1. The number of hydrogen-bond acceptors (Lipinski definition) is 5. The summed E-state index contributed by atoms with van der Waals surface area (Å²) in [6, 6.07) is 18.1. The van der Waals surface area contributed by atoms with Crippen LogP contribution in [0.3, 0.4) is 0 Å². The van der Waals surface area contributed by atoms with Gasteiger partial charge in [-0.3, -0.25) is 4.90 Å². The van der Waals surface area contributed by atoms with Crippen LogP contribution in [0.2, 0.25) is 0 Å². The Morgan fingerprint density at radius 3 is 2.61 bits per heavy atom. The number of rotatable bonds is 3. The van der Waals surface area contributed by atoms with Gasteiger partial charge in [0.25, 0.3) is 0 Å². The van der Waals surface area contributed by atoms with E-state index in [-0.39, 0.29) is 24.8 Å². The Labute approximate surface area is 183 Å². The van der Waals surface area contributed by atoms with Crippen molar-refractivity contribution in [3.63, 3.8) is 0 Å². The summed E-state index contributed by atoms with van der Waals surface area (Å²) in [7, 11) is 0. The first-order valence-corrected chi connectivity index (χ1v) is 11.1. The van der Waals surface area contributed by atoms with Crippen molar-refractivity contribution in [1.82, 2.24) is 4.90 Å². The molecule has 162 valence electrons. The lowest BCUT2D eigenvalue weighted by molar-refractivity contribution is 0.129. The van der Waals surface area contributed by atoms with Gasteiger partial charge in [-0.1, -0.05) is 62.4 Å². The van der Waals surface area contributed by atoms with Crippen LogP contribution in [-0.2, 0) is 16.9 Å². The number of carbonyl (C=O) groups excluding carboxylic acids is 1. The van der Waals surface area contributed by atoms with Crippen molar-refractivity contribution in [3.05, 3.63) is 65.7 Å². The summed E-state index contributed by atoms with van der Waals surface area (Å²) in [6.07, 6.45) is 1.71. The minimum atomic E-state index is -0.584. The number of fused-ring (bicyclic) bond motifs is 5. The van der Waals surface area contributed by atoms with Crippen LogP contribution in [0.1, 0.15) is 44.7 Å². The molecule has 2 N–H and O–H groups in total. The van der Waals surface area contributed by atoms with Crippen molar-refractivity contribution in [3.8, 4) is 0 Å². The van der Waals surface area contributed by atoms with Crippen molar-refractivity contribution in [2.75, 3.05) is 4.90 Å². The number of anilines is 1. The molecule has 2 aromatic rings. The highest BCUT2D eigenvalue weighted by Crippen LogP contribution is 2.53. The van der Waals surface area contributed by atoms with Gasteiger partial charge < -0.3 is 15.4 Å². The summed E-state index contributed by atoms with van der Waals surface area (Å²) >= 11 is 0. The van der Waals surface area contributed by atoms with Gasteiger partial charge in [0, 0.05) is 11.6 Å². The van der Waals surface area contributed by atoms with Gasteiger partial charge in [-0.2, -0.15) is 0 Å². The van der Waals surface area contributed by atoms with E-state index >= 15 is 0 Å². The Kier molecular flexibility index (Phi) is 4.68. The number of guanidine groups is 1. The molecule has 0 radical (unpaired) electrons. The molecule has 5 rings (SSSR count). The molecular formula is C25H30N4O2. The van der Waals surface area contributed by atoms with Gasteiger partial charge in [0.15, 0.2) is 5.96 Å². The molecular weight excluding hydrogens is 388 g/mol. The molecule has 3 heterocycles. The van der Waals surface area contributed by atoms with Gasteiger partial charge in [0.1, 0.15) is 12.1 Å². The van der Waals surface area contributed by atoms with Gasteiger partial charge in [0.05, 0.1) is 17.8 Å². The molecule has 0 spiro atoms. The highest BCUT2D eigenvalue weighted by atomic mass is 16.6. The van der Waals surface area contributed by atoms with Crippen LogP contribution in [-0.4, -0.2) is 35.1 Å². The summed E-state index contributed by atoms with van der Waals surface area (Å²) in [4.78, 5) is 22.6. The van der Waals surface area contributed by atoms with E-state index in [2.05, 4.69) is 31.7 Å². The number of amides is 1. The number of carbonyl (C=O) groups is 1. The van der Waals surface area contributed by atoms with Crippen LogP contribution in [0.25, 0.3) is 0 Å². The third-order valence-electron chi connectivity index (χ3n) is 7.18. The largest absolute Gasteiger partial charge is 0.444 e. The molecule has 1 saturated heterocycles.